The molecular weight excluding hydrogens is 304 g/mol. The Bertz CT molecular complexity index is 914. The van der Waals surface area contributed by atoms with Crippen LogP contribution in [-0.4, -0.2) is 21.2 Å². The molecule has 3 aromatic rings. The largest absolute Gasteiger partial charge is 0.326 e. The van der Waals surface area contributed by atoms with E-state index >= 15 is 0 Å². The van der Waals surface area contributed by atoms with Crippen LogP contribution < -0.4 is 10.6 Å². The van der Waals surface area contributed by atoms with Gasteiger partial charge in [-0.15, -0.1) is 0 Å². The lowest BCUT2D eigenvalue weighted by atomic mass is 10.2. The number of anilines is 2. The summed E-state index contributed by atoms with van der Waals surface area (Å²) in [7, 11) is 0. The highest BCUT2D eigenvalue weighted by atomic mass is 16.2. The number of imidazole rings is 1. The van der Waals surface area contributed by atoms with Crippen LogP contribution in [0.15, 0.2) is 48.8 Å². The first kappa shape index (κ1) is 15.7. The van der Waals surface area contributed by atoms with Crippen molar-refractivity contribution < 1.29 is 9.59 Å². The number of amides is 2. The number of benzene rings is 1. The highest BCUT2D eigenvalue weighted by Crippen LogP contribution is 2.16. The maximum Gasteiger partial charge on any atom is 0.275 e. The van der Waals surface area contributed by atoms with E-state index in [2.05, 4.69) is 15.6 Å². The first-order valence-corrected chi connectivity index (χ1v) is 7.72. The van der Waals surface area contributed by atoms with Crippen molar-refractivity contribution in [3.05, 3.63) is 60.0 Å². The molecule has 2 aromatic heterocycles. The van der Waals surface area contributed by atoms with Crippen LogP contribution in [0, 0.1) is 6.92 Å². The van der Waals surface area contributed by atoms with Crippen molar-refractivity contribution in [3.8, 4) is 0 Å². The summed E-state index contributed by atoms with van der Waals surface area (Å²) in [6.07, 6.45) is 3.96. The first-order valence-electron chi connectivity index (χ1n) is 7.72. The van der Waals surface area contributed by atoms with E-state index in [9.17, 15) is 9.59 Å². The highest BCUT2D eigenvalue weighted by molar-refractivity contribution is 6.03. The SMILES string of the molecule is CCC(=O)Nc1cccc(NC(=O)c2cn3ccc(C)cc3n2)c1. The molecule has 6 heteroatoms. The molecule has 24 heavy (non-hydrogen) atoms. The summed E-state index contributed by atoms with van der Waals surface area (Å²) in [6, 6.07) is 10.9. The minimum Gasteiger partial charge on any atom is -0.326 e. The summed E-state index contributed by atoms with van der Waals surface area (Å²) in [5, 5.41) is 5.56. The number of aryl methyl sites for hydroxylation is 1. The van der Waals surface area contributed by atoms with E-state index in [0.717, 1.165) is 11.2 Å². The highest BCUT2D eigenvalue weighted by Gasteiger charge is 2.11. The summed E-state index contributed by atoms with van der Waals surface area (Å²) >= 11 is 0. The third kappa shape index (κ3) is 3.43. The molecule has 2 heterocycles. The van der Waals surface area contributed by atoms with Crippen molar-refractivity contribution in [1.29, 1.82) is 0 Å². The van der Waals surface area contributed by atoms with Crippen LogP contribution in [-0.2, 0) is 4.79 Å². The molecule has 0 bridgehead atoms. The molecule has 0 aliphatic rings. The number of fused-ring (bicyclic) bond motifs is 1. The zero-order valence-corrected chi connectivity index (χ0v) is 13.5. The summed E-state index contributed by atoms with van der Waals surface area (Å²) in [6.45, 7) is 3.76. The number of aromatic nitrogens is 2. The van der Waals surface area contributed by atoms with Crippen LogP contribution in [0.3, 0.4) is 0 Å². The predicted octanol–water partition coefficient (Wildman–Crippen LogP) is 3.24. The fourth-order valence-electron chi connectivity index (χ4n) is 2.31. The Labute approximate surface area is 139 Å². The normalized spacial score (nSPS) is 10.6. The van der Waals surface area contributed by atoms with Crippen molar-refractivity contribution in [2.45, 2.75) is 20.3 Å². The van der Waals surface area contributed by atoms with Gasteiger partial charge in [-0.05, 0) is 42.8 Å². The quantitative estimate of drug-likeness (QED) is 0.774. The molecule has 0 aliphatic heterocycles. The second-order valence-electron chi connectivity index (χ2n) is 5.53. The van der Waals surface area contributed by atoms with Crippen molar-refractivity contribution in [2.75, 3.05) is 10.6 Å². The van der Waals surface area contributed by atoms with E-state index in [1.165, 1.54) is 0 Å². The average Bonchev–Trinajstić information content (AvgIpc) is 2.98. The maximum atomic E-state index is 12.4. The standard InChI is InChI=1S/C18H18N4O2/c1-3-17(23)19-13-5-4-6-14(10-13)20-18(24)15-11-22-8-7-12(2)9-16(22)21-15/h4-11H,3H2,1-2H3,(H,19,23)(H,20,24). The van der Waals surface area contributed by atoms with Crippen molar-refractivity contribution >= 4 is 28.8 Å². The van der Waals surface area contributed by atoms with Crippen LogP contribution >= 0.6 is 0 Å². The second kappa shape index (κ2) is 6.54. The molecule has 0 aliphatic carbocycles. The van der Waals surface area contributed by atoms with Crippen LogP contribution in [0.4, 0.5) is 11.4 Å². The molecule has 1 aromatic carbocycles. The van der Waals surface area contributed by atoms with Gasteiger partial charge in [-0.3, -0.25) is 9.59 Å². The van der Waals surface area contributed by atoms with Gasteiger partial charge >= 0.3 is 0 Å². The maximum absolute atomic E-state index is 12.4. The van der Waals surface area contributed by atoms with E-state index in [0.29, 0.717) is 23.5 Å². The molecule has 2 amide bonds. The molecule has 2 N–H and O–H groups in total. The lowest BCUT2D eigenvalue weighted by Gasteiger charge is -2.07. The number of carbonyl (C=O) groups excluding carboxylic acids is 2. The lowest BCUT2D eigenvalue weighted by molar-refractivity contribution is -0.115. The summed E-state index contributed by atoms with van der Waals surface area (Å²) in [5.74, 6) is -0.371. The van der Waals surface area contributed by atoms with Gasteiger partial charge in [0.2, 0.25) is 5.91 Å². The molecular formula is C18H18N4O2. The number of hydrogen-bond donors (Lipinski definition) is 2. The van der Waals surface area contributed by atoms with Gasteiger partial charge in [-0.1, -0.05) is 13.0 Å². The minimum absolute atomic E-state index is 0.0748. The van der Waals surface area contributed by atoms with Crippen molar-refractivity contribution in [1.82, 2.24) is 9.38 Å². The molecule has 0 spiro atoms. The fraction of sp³-hybridized carbons (Fsp3) is 0.167. The molecule has 0 saturated heterocycles. The molecule has 0 atom stereocenters. The second-order valence-corrected chi connectivity index (χ2v) is 5.53. The monoisotopic (exact) mass is 322 g/mol. The van der Waals surface area contributed by atoms with Gasteiger partial charge in [0.05, 0.1) is 0 Å². The number of pyridine rings is 1. The Morgan fingerprint density at radius 1 is 1.12 bits per heavy atom. The zero-order valence-electron chi connectivity index (χ0n) is 13.5. The topological polar surface area (TPSA) is 75.5 Å². The van der Waals surface area contributed by atoms with Gasteiger partial charge in [-0.2, -0.15) is 0 Å². The van der Waals surface area contributed by atoms with E-state index in [1.54, 1.807) is 41.8 Å². The molecule has 6 nitrogen and oxygen atoms in total. The Morgan fingerprint density at radius 2 is 1.88 bits per heavy atom. The number of rotatable bonds is 4. The molecule has 0 fully saturated rings. The average molecular weight is 322 g/mol. The van der Waals surface area contributed by atoms with Gasteiger partial charge in [-0.25, -0.2) is 4.98 Å². The smallest absolute Gasteiger partial charge is 0.275 e. The molecule has 0 radical (unpaired) electrons. The Kier molecular flexibility index (Phi) is 4.29. The zero-order chi connectivity index (χ0) is 17.1. The van der Waals surface area contributed by atoms with Crippen LogP contribution in [0.2, 0.25) is 0 Å². The summed E-state index contributed by atoms with van der Waals surface area (Å²) in [5.41, 5.74) is 3.39. The Morgan fingerprint density at radius 3 is 2.62 bits per heavy atom. The van der Waals surface area contributed by atoms with Crippen LogP contribution in [0.1, 0.15) is 29.4 Å². The minimum atomic E-state index is -0.296. The summed E-state index contributed by atoms with van der Waals surface area (Å²) < 4.78 is 1.81. The van der Waals surface area contributed by atoms with Gasteiger partial charge < -0.3 is 15.0 Å². The number of carbonyl (C=O) groups is 2. The number of hydrogen-bond acceptors (Lipinski definition) is 3. The van der Waals surface area contributed by atoms with E-state index in [-0.39, 0.29) is 11.8 Å². The van der Waals surface area contributed by atoms with Gasteiger partial charge in [0, 0.05) is 30.2 Å². The third-order valence-electron chi connectivity index (χ3n) is 3.57. The van der Waals surface area contributed by atoms with Gasteiger partial charge in [0.1, 0.15) is 11.3 Å². The van der Waals surface area contributed by atoms with Gasteiger partial charge in [0.25, 0.3) is 5.91 Å². The third-order valence-corrected chi connectivity index (χ3v) is 3.57. The molecule has 0 unspecified atom stereocenters. The summed E-state index contributed by atoms with van der Waals surface area (Å²) in [4.78, 5) is 28.2. The molecule has 0 saturated carbocycles. The fourth-order valence-corrected chi connectivity index (χ4v) is 2.31. The van der Waals surface area contributed by atoms with E-state index in [4.69, 9.17) is 0 Å². The Balaban J connectivity index is 1.78. The van der Waals surface area contributed by atoms with E-state index < -0.39 is 0 Å². The first-order chi connectivity index (χ1) is 11.5. The molecule has 122 valence electrons. The van der Waals surface area contributed by atoms with Crippen molar-refractivity contribution in [3.63, 3.8) is 0 Å². The van der Waals surface area contributed by atoms with Crippen LogP contribution in [0.5, 0.6) is 0 Å². The Hall–Kier alpha value is -3.15. The van der Waals surface area contributed by atoms with Crippen LogP contribution in [0.25, 0.3) is 5.65 Å². The number of nitrogens with zero attached hydrogens (tertiary/aromatic N) is 2. The lowest BCUT2D eigenvalue weighted by Crippen LogP contribution is -2.13. The predicted molar refractivity (Wildman–Crippen MR) is 93.2 cm³/mol. The number of nitrogens with one attached hydrogen (secondary N) is 2. The van der Waals surface area contributed by atoms with Crippen molar-refractivity contribution in [2.24, 2.45) is 0 Å². The van der Waals surface area contributed by atoms with E-state index in [1.807, 2.05) is 25.3 Å². The molecule has 3 rings (SSSR count). The van der Waals surface area contributed by atoms with Gasteiger partial charge in [0.15, 0.2) is 0 Å².